The van der Waals surface area contributed by atoms with Gasteiger partial charge in [-0.05, 0) is 49.2 Å². The van der Waals surface area contributed by atoms with Crippen molar-refractivity contribution in [3.8, 4) is 11.5 Å². The van der Waals surface area contributed by atoms with Gasteiger partial charge in [-0.2, -0.15) is 0 Å². The summed E-state index contributed by atoms with van der Waals surface area (Å²) in [6, 6.07) is 18.7. The molecule has 3 aromatic carbocycles. The Morgan fingerprint density at radius 2 is 1.09 bits per heavy atom. The van der Waals surface area contributed by atoms with E-state index in [2.05, 4.69) is 54.0 Å². The zero-order valence-corrected chi connectivity index (χ0v) is 21.4. The lowest BCUT2D eigenvalue weighted by molar-refractivity contribution is -0.121. The lowest BCUT2D eigenvalue weighted by Crippen LogP contribution is -2.48. The average Bonchev–Trinajstić information content (AvgIpc) is 2.90. The van der Waals surface area contributed by atoms with Gasteiger partial charge < -0.3 is 19.3 Å². The highest BCUT2D eigenvalue weighted by atomic mass is 16.5. The number of hydrogen-bond donors (Lipinski definition) is 0. The van der Waals surface area contributed by atoms with E-state index in [0.29, 0.717) is 6.42 Å². The van der Waals surface area contributed by atoms with Crippen molar-refractivity contribution >= 4 is 28.5 Å². The normalized spacial score (nSPS) is 14.7. The van der Waals surface area contributed by atoms with Gasteiger partial charge in [0.2, 0.25) is 0 Å². The Morgan fingerprint density at radius 1 is 0.686 bits per heavy atom. The van der Waals surface area contributed by atoms with Crippen LogP contribution in [0, 0.1) is 0 Å². The van der Waals surface area contributed by atoms with Crippen LogP contribution in [-0.2, 0) is 10.2 Å². The molecule has 0 saturated heterocycles. The minimum atomic E-state index is -1.03. The molecule has 0 unspecified atom stereocenters. The number of rotatable bonds is 8. The van der Waals surface area contributed by atoms with Crippen molar-refractivity contribution in [2.75, 3.05) is 37.1 Å². The molecule has 0 bridgehead atoms. The van der Waals surface area contributed by atoms with Crippen LogP contribution < -0.4 is 19.3 Å². The monoisotopic (exact) mass is 470 g/mol. The lowest BCUT2D eigenvalue weighted by Gasteiger charge is -2.51. The molecule has 0 radical (unpaired) electrons. The predicted molar refractivity (Wildman–Crippen MR) is 142 cm³/mol. The molecule has 3 aromatic rings. The van der Waals surface area contributed by atoms with Gasteiger partial charge in [-0.25, -0.2) is 0 Å². The van der Waals surface area contributed by atoms with Gasteiger partial charge in [0.1, 0.15) is 16.9 Å². The highest BCUT2D eigenvalue weighted by Gasteiger charge is 2.57. The SMILES string of the molecule is CCCN1c2cccc(OC)c2C2(C(=O)CC)c3c(OC)cccc3N(CCC)c3cccc1c32. The molecule has 0 amide bonds. The first-order valence-corrected chi connectivity index (χ1v) is 12.7. The van der Waals surface area contributed by atoms with Crippen LogP contribution in [0.1, 0.15) is 56.7 Å². The van der Waals surface area contributed by atoms with Crippen molar-refractivity contribution in [2.45, 2.75) is 45.4 Å². The van der Waals surface area contributed by atoms with Crippen molar-refractivity contribution in [3.63, 3.8) is 0 Å². The summed E-state index contributed by atoms with van der Waals surface area (Å²) in [6.07, 6.45) is 2.35. The van der Waals surface area contributed by atoms with Gasteiger partial charge in [-0.15, -0.1) is 0 Å². The summed E-state index contributed by atoms with van der Waals surface area (Å²) in [6.45, 7) is 8.03. The van der Waals surface area contributed by atoms with Crippen LogP contribution in [0.3, 0.4) is 0 Å². The molecule has 182 valence electrons. The quantitative estimate of drug-likeness (QED) is 0.365. The number of carbonyl (C=O) groups excluding carboxylic acids is 1. The van der Waals surface area contributed by atoms with E-state index in [1.165, 1.54) is 0 Å². The summed E-state index contributed by atoms with van der Waals surface area (Å²) >= 11 is 0. The number of anilines is 4. The predicted octanol–water partition coefficient (Wildman–Crippen LogP) is 6.74. The molecule has 2 heterocycles. The Balaban J connectivity index is 2.05. The first kappa shape index (κ1) is 23.3. The van der Waals surface area contributed by atoms with E-state index < -0.39 is 5.41 Å². The second-order valence-electron chi connectivity index (χ2n) is 9.21. The van der Waals surface area contributed by atoms with E-state index in [4.69, 9.17) is 9.47 Å². The second kappa shape index (κ2) is 8.95. The summed E-state index contributed by atoms with van der Waals surface area (Å²) in [5.74, 6) is 1.60. The van der Waals surface area contributed by atoms with Crippen molar-refractivity contribution in [1.82, 2.24) is 0 Å². The van der Waals surface area contributed by atoms with Crippen LogP contribution in [0.2, 0.25) is 0 Å². The van der Waals surface area contributed by atoms with Crippen molar-refractivity contribution in [3.05, 3.63) is 71.3 Å². The Labute approximate surface area is 208 Å². The molecule has 0 N–H and O–H groups in total. The standard InChI is InChI=1S/C30H34N2O3/c1-6-18-31-20-12-9-13-21-27(20)30(26(33)8-3,28-22(31)14-10-16-24(28)34-4)29-23(32(21)19-7-2)15-11-17-25(29)35-5/h9-17H,6-8,18-19H2,1-5H3. The molecule has 5 rings (SSSR count). The van der Waals surface area contributed by atoms with Crippen LogP contribution in [0.4, 0.5) is 22.7 Å². The van der Waals surface area contributed by atoms with Gasteiger partial charge in [0.05, 0.1) is 14.2 Å². The third-order valence-electron chi connectivity index (χ3n) is 7.39. The fourth-order valence-electron chi connectivity index (χ4n) is 6.19. The van der Waals surface area contributed by atoms with Gasteiger partial charge in [0, 0.05) is 59.0 Å². The number of ether oxygens (including phenoxy) is 2. The van der Waals surface area contributed by atoms with Gasteiger partial charge in [-0.1, -0.05) is 39.0 Å². The smallest absolute Gasteiger partial charge is 0.152 e. The molecular formula is C30H34N2O3. The molecule has 2 aliphatic heterocycles. The van der Waals surface area contributed by atoms with Crippen molar-refractivity contribution in [1.29, 1.82) is 0 Å². The molecule has 0 atom stereocenters. The fraction of sp³-hybridized carbons (Fsp3) is 0.367. The van der Waals surface area contributed by atoms with E-state index in [1.54, 1.807) is 14.2 Å². The third kappa shape index (κ3) is 3.03. The molecule has 0 aromatic heterocycles. The molecule has 5 heteroatoms. The van der Waals surface area contributed by atoms with E-state index in [-0.39, 0.29) is 5.78 Å². The van der Waals surface area contributed by atoms with Gasteiger partial charge in [0.15, 0.2) is 5.78 Å². The molecule has 0 spiro atoms. The number of Topliss-reactive ketones (excluding diaryl/α,β-unsaturated/α-hetero) is 1. The number of benzene rings is 3. The average molecular weight is 471 g/mol. The molecule has 0 saturated carbocycles. The molecule has 0 fully saturated rings. The summed E-state index contributed by atoms with van der Waals surface area (Å²) in [5.41, 5.74) is 6.09. The summed E-state index contributed by atoms with van der Waals surface area (Å²) < 4.78 is 12.0. The first-order valence-electron chi connectivity index (χ1n) is 12.7. The van der Waals surface area contributed by atoms with Gasteiger partial charge in [-0.3, -0.25) is 4.79 Å². The molecule has 5 nitrogen and oxygen atoms in total. The highest BCUT2D eigenvalue weighted by molar-refractivity contribution is 6.10. The van der Waals surface area contributed by atoms with Crippen LogP contribution in [0.5, 0.6) is 11.5 Å². The number of ketones is 1. The fourth-order valence-corrected chi connectivity index (χ4v) is 6.19. The molecule has 2 aliphatic rings. The van der Waals surface area contributed by atoms with E-state index in [0.717, 1.165) is 76.9 Å². The zero-order chi connectivity index (χ0) is 24.7. The summed E-state index contributed by atoms with van der Waals surface area (Å²) in [5, 5.41) is 0. The molecule has 0 aliphatic carbocycles. The maximum atomic E-state index is 14.5. The van der Waals surface area contributed by atoms with Crippen LogP contribution in [0.25, 0.3) is 0 Å². The number of methoxy groups -OCH3 is 2. The Morgan fingerprint density at radius 3 is 1.46 bits per heavy atom. The zero-order valence-electron chi connectivity index (χ0n) is 21.4. The van der Waals surface area contributed by atoms with Crippen LogP contribution in [-0.4, -0.2) is 33.1 Å². The number of carbonyl (C=O) groups is 1. The van der Waals surface area contributed by atoms with Crippen LogP contribution in [0.15, 0.2) is 54.6 Å². The minimum absolute atomic E-state index is 0.148. The third-order valence-corrected chi connectivity index (χ3v) is 7.39. The lowest BCUT2D eigenvalue weighted by atomic mass is 9.60. The minimum Gasteiger partial charge on any atom is -0.496 e. The topological polar surface area (TPSA) is 42.0 Å². The Hall–Kier alpha value is -3.47. The number of hydrogen-bond acceptors (Lipinski definition) is 5. The van der Waals surface area contributed by atoms with Gasteiger partial charge >= 0.3 is 0 Å². The largest absolute Gasteiger partial charge is 0.496 e. The molecular weight excluding hydrogens is 436 g/mol. The van der Waals surface area contributed by atoms with Crippen molar-refractivity contribution < 1.29 is 14.3 Å². The van der Waals surface area contributed by atoms with Gasteiger partial charge in [0.25, 0.3) is 0 Å². The maximum Gasteiger partial charge on any atom is 0.152 e. The van der Waals surface area contributed by atoms with Crippen LogP contribution >= 0.6 is 0 Å². The van der Waals surface area contributed by atoms with E-state index in [1.807, 2.05) is 31.2 Å². The second-order valence-corrected chi connectivity index (χ2v) is 9.21. The first-order chi connectivity index (χ1) is 17.1. The maximum absolute atomic E-state index is 14.5. The number of nitrogens with zero attached hydrogens (tertiary/aromatic N) is 2. The Bertz CT molecular complexity index is 1200. The summed E-state index contributed by atoms with van der Waals surface area (Å²) in [4.78, 5) is 19.2. The summed E-state index contributed by atoms with van der Waals surface area (Å²) in [7, 11) is 3.39. The molecule has 35 heavy (non-hydrogen) atoms. The number of fused-ring (bicyclic) bond motifs is 4. The Kier molecular flexibility index (Phi) is 5.96. The van der Waals surface area contributed by atoms with E-state index >= 15 is 0 Å². The van der Waals surface area contributed by atoms with E-state index in [9.17, 15) is 4.79 Å². The highest BCUT2D eigenvalue weighted by Crippen LogP contribution is 2.64. The van der Waals surface area contributed by atoms with Crippen molar-refractivity contribution in [2.24, 2.45) is 0 Å².